The van der Waals surface area contributed by atoms with Crippen molar-refractivity contribution in [3.63, 3.8) is 0 Å². The van der Waals surface area contributed by atoms with Crippen molar-refractivity contribution in [1.82, 2.24) is 5.32 Å². The topological polar surface area (TPSA) is 12.0 Å². The number of hydrogen-bond acceptors (Lipinski definition) is 1. The lowest BCUT2D eigenvalue weighted by atomic mass is 9.79. The van der Waals surface area contributed by atoms with Gasteiger partial charge in [-0.15, -0.1) is 0 Å². The summed E-state index contributed by atoms with van der Waals surface area (Å²) in [5.74, 6) is 1.89. The fourth-order valence-electron chi connectivity index (χ4n) is 3.76. The van der Waals surface area contributed by atoms with E-state index in [0.717, 1.165) is 17.9 Å². The predicted molar refractivity (Wildman–Crippen MR) is 65.9 cm³/mol. The van der Waals surface area contributed by atoms with Crippen LogP contribution in [0, 0.1) is 22.7 Å². The molecule has 2 saturated carbocycles. The smallest absolute Gasteiger partial charge is 0.0106 e. The van der Waals surface area contributed by atoms with Gasteiger partial charge in [-0.3, -0.25) is 0 Å². The summed E-state index contributed by atoms with van der Waals surface area (Å²) in [6.07, 6.45) is 5.84. The van der Waals surface area contributed by atoms with Gasteiger partial charge in [-0.2, -0.15) is 0 Å². The predicted octanol–water partition coefficient (Wildman–Crippen LogP) is 3.45. The van der Waals surface area contributed by atoms with E-state index in [1.54, 1.807) is 0 Å². The van der Waals surface area contributed by atoms with Gasteiger partial charge in [0.25, 0.3) is 0 Å². The van der Waals surface area contributed by atoms with E-state index in [9.17, 15) is 0 Å². The Bertz CT molecular complexity index is 224. The van der Waals surface area contributed by atoms with Gasteiger partial charge in [0.15, 0.2) is 0 Å². The Labute approximate surface area is 95.0 Å². The van der Waals surface area contributed by atoms with Crippen molar-refractivity contribution in [2.24, 2.45) is 22.7 Å². The SMILES string of the molecule is CNC(CC1CCC1)C1C(C)(C)C1(C)C. The Balaban J connectivity index is 1.96. The molecule has 1 N–H and O–H groups in total. The third-order valence-electron chi connectivity index (χ3n) is 5.72. The monoisotopic (exact) mass is 209 g/mol. The molecular formula is C14H27N. The lowest BCUT2D eigenvalue weighted by Gasteiger charge is -2.30. The molecule has 0 heterocycles. The largest absolute Gasteiger partial charge is 0.317 e. The van der Waals surface area contributed by atoms with Crippen molar-refractivity contribution in [3.8, 4) is 0 Å². The Morgan fingerprint density at radius 2 is 1.67 bits per heavy atom. The molecule has 88 valence electrons. The van der Waals surface area contributed by atoms with Crippen LogP contribution in [0.4, 0.5) is 0 Å². The van der Waals surface area contributed by atoms with E-state index < -0.39 is 0 Å². The summed E-state index contributed by atoms with van der Waals surface area (Å²) in [7, 11) is 2.15. The zero-order valence-electron chi connectivity index (χ0n) is 11.1. The summed E-state index contributed by atoms with van der Waals surface area (Å²) in [5, 5.41) is 3.57. The van der Waals surface area contributed by atoms with E-state index in [1.165, 1.54) is 25.7 Å². The van der Waals surface area contributed by atoms with E-state index in [0.29, 0.717) is 10.8 Å². The van der Waals surface area contributed by atoms with Gasteiger partial charge < -0.3 is 5.32 Å². The highest BCUT2D eigenvalue weighted by molar-refractivity contribution is 5.16. The highest BCUT2D eigenvalue weighted by atomic mass is 14.9. The minimum absolute atomic E-state index is 0.532. The lowest BCUT2D eigenvalue weighted by Crippen LogP contribution is -2.34. The first-order valence-corrected chi connectivity index (χ1v) is 6.58. The van der Waals surface area contributed by atoms with E-state index in [-0.39, 0.29) is 0 Å². The van der Waals surface area contributed by atoms with E-state index in [1.807, 2.05) is 0 Å². The van der Waals surface area contributed by atoms with Crippen LogP contribution in [0.15, 0.2) is 0 Å². The molecule has 0 radical (unpaired) electrons. The van der Waals surface area contributed by atoms with Gasteiger partial charge in [0, 0.05) is 6.04 Å². The van der Waals surface area contributed by atoms with Crippen LogP contribution in [0.5, 0.6) is 0 Å². The Morgan fingerprint density at radius 1 is 1.13 bits per heavy atom. The highest BCUT2D eigenvalue weighted by Crippen LogP contribution is 2.70. The molecule has 0 saturated heterocycles. The van der Waals surface area contributed by atoms with Gasteiger partial charge in [0.1, 0.15) is 0 Å². The summed E-state index contributed by atoms with van der Waals surface area (Å²) in [6, 6.07) is 0.750. The molecule has 2 rings (SSSR count). The summed E-state index contributed by atoms with van der Waals surface area (Å²) in [5.41, 5.74) is 1.06. The average Bonchev–Trinajstić information content (AvgIpc) is 2.45. The maximum atomic E-state index is 3.57. The Kier molecular flexibility index (Phi) is 2.65. The first kappa shape index (κ1) is 11.4. The Morgan fingerprint density at radius 3 is 1.93 bits per heavy atom. The van der Waals surface area contributed by atoms with Crippen LogP contribution in [-0.4, -0.2) is 13.1 Å². The standard InChI is InChI=1S/C14H27N/c1-13(2)12(14(13,3)4)11(15-5)9-10-7-6-8-10/h10-12,15H,6-9H2,1-5H3. The average molecular weight is 209 g/mol. The molecule has 0 aromatic heterocycles. The van der Waals surface area contributed by atoms with Gasteiger partial charge >= 0.3 is 0 Å². The van der Waals surface area contributed by atoms with Gasteiger partial charge in [0.2, 0.25) is 0 Å². The quantitative estimate of drug-likeness (QED) is 0.748. The lowest BCUT2D eigenvalue weighted by molar-refractivity contribution is 0.241. The normalized spacial score (nSPS) is 31.0. The first-order valence-electron chi connectivity index (χ1n) is 6.58. The molecule has 1 nitrogen and oxygen atoms in total. The van der Waals surface area contributed by atoms with Crippen molar-refractivity contribution < 1.29 is 0 Å². The molecule has 1 atom stereocenters. The summed E-state index contributed by atoms with van der Waals surface area (Å²) >= 11 is 0. The molecule has 0 bridgehead atoms. The molecule has 2 fully saturated rings. The van der Waals surface area contributed by atoms with E-state index >= 15 is 0 Å². The second-order valence-electron chi connectivity index (χ2n) is 6.85. The van der Waals surface area contributed by atoms with Crippen molar-refractivity contribution in [1.29, 1.82) is 0 Å². The van der Waals surface area contributed by atoms with Crippen LogP contribution >= 0.6 is 0 Å². The molecule has 0 aromatic carbocycles. The van der Waals surface area contributed by atoms with Gasteiger partial charge in [0.05, 0.1) is 0 Å². The maximum Gasteiger partial charge on any atom is 0.0106 e. The highest BCUT2D eigenvalue weighted by Gasteiger charge is 2.66. The minimum Gasteiger partial charge on any atom is -0.317 e. The maximum absolute atomic E-state index is 3.57. The fourth-order valence-corrected chi connectivity index (χ4v) is 3.76. The van der Waals surface area contributed by atoms with E-state index in [2.05, 4.69) is 40.1 Å². The second-order valence-corrected chi connectivity index (χ2v) is 6.85. The third-order valence-corrected chi connectivity index (χ3v) is 5.72. The summed E-state index contributed by atoms with van der Waals surface area (Å²) in [4.78, 5) is 0. The molecular weight excluding hydrogens is 182 g/mol. The van der Waals surface area contributed by atoms with Crippen LogP contribution in [0.25, 0.3) is 0 Å². The summed E-state index contributed by atoms with van der Waals surface area (Å²) < 4.78 is 0. The molecule has 0 spiro atoms. The number of rotatable bonds is 4. The summed E-state index contributed by atoms with van der Waals surface area (Å²) in [6.45, 7) is 9.73. The fraction of sp³-hybridized carbons (Fsp3) is 1.00. The zero-order chi connectivity index (χ0) is 11.3. The number of hydrogen-bond donors (Lipinski definition) is 1. The van der Waals surface area contributed by atoms with Gasteiger partial charge in [-0.05, 0) is 36.1 Å². The third kappa shape index (κ3) is 1.63. The molecule has 2 aliphatic rings. The van der Waals surface area contributed by atoms with Crippen LogP contribution < -0.4 is 5.32 Å². The number of nitrogens with one attached hydrogen (secondary N) is 1. The van der Waals surface area contributed by atoms with Gasteiger partial charge in [-0.25, -0.2) is 0 Å². The van der Waals surface area contributed by atoms with Crippen molar-refractivity contribution in [2.45, 2.75) is 59.4 Å². The molecule has 0 aliphatic heterocycles. The van der Waals surface area contributed by atoms with Crippen molar-refractivity contribution in [2.75, 3.05) is 7.05 Å². The molecule has 1 unspecified atom stereocenters. The molecule has 0 aromatic rings. The van der Waals surface area contributed by atoms with Crippen LogP contribution in [0.1, 0.15) is 53.4 Å². The van der Waals surface area contributed by atoms with E-state index in [4.69, 9.17) is 0 Å². The molecule has 0 amide bonds. The first-order chi connectivity index (χ1) is 6.91. The molecule has 1 heteroatoms. The van der Waals surface area contributed by atoms with Crippen LogP contribution in [-0.2, 0) is 0 Å². The molecule has 2 aliphatic carbocycles. The van der Waals surface area contributed by atoms with Crippen molar-refractivity contribution in [3.05, 3.63) is 0 Å². The molecule has 15 heavy (non-hydrogen) atoms. The van der Waals surface area contributed by atoms with Gasteiger partial charge in [-0.1, -0.05) is 47.0 Å². The van der Waals surface area contributed by atoms with Crippen molar-refractivity contribution >= 4 is 0 Å². The Hall–Kier alpha value is -0.0400. The van der Waals surface area contributed by atoms with Crippen LogP contribution in [0.3, 0.4) is 0 Å². The van der Waals surface area contributed by atoms with Crippen LogP contribution in [0.2, 0.25) is 0 Å². The second kappa shape index (κ2) is 3.48. The minimum atomic E-state index is 0.532. The zero-order valence-corrected chi connectivity index (χ0v) is 11.1.